The predicted molar refractivity (Wildman–Crippen MR) is 151 cm³/mol. The van der Waals surface area contributed by atoms with E-state index in [1.54, 1.807) is 18.5 Å². The summed E-state index contributed by atoms with van der Waals surface area (Å²) in [5.41, 5.74) is 5.18. The number of nitrogens with one attached hydrogen (secondary N) is 2. The molecular weight excluding hydrogens is 497 g/mol. The first kappa shape index (κ1) is 26.7. The van der Waals surface area contributed by atoms with Gasteiger partial charge in [0.15, 0.2) is 0 Å². The molecule has 5 rings (SSSR count). The Labute approximate surface area is 221 Å². The van der Waals surface area contributed by atoms with Gasteiger partial charge in [0.05, 0.1) is 22.6 Å². The van der Waals surface area contributed by atoms with Crippen LogP contribution in [0, 0.1) is 0 Å². The van der Waals surface area contributed by atoms with E-state index in [0.717, 1.165) is 39.0 Å². The van der Waals surface area contributed by atoms with Crippen molar-refractivity contribution >= 4 is 70.2 Å². The minimum atomic E-state index is -0.233. The molecule has 0 spiro atoms. The van der Waals surface area contributed by atoms with Crippen LogP contribution in [-0.4, -0.2) is 43.2 Å². The lowest BCUT2D eigenvalue weighted by Gasteiger charge is -2.16. The van der Waals surface area contributed by atoms with Gasteiger partial charge in [0.25, 0.3) is 5.91 Å². The molecule has 184 valence electrons. The molecular formula is C27H25Cl2N5O2. The molecule has 2 N–H and O–H groups in total. The highest BCUT2D eigenvalue weighted by atomic mass is 35.5. The van der Waals surface area contributed by atoms with E-state index >= 15 is 0 Å². The van der Waals surface area contributed by atoms with Crippen molar-refractivity contribution in [1.82, 2.24) is 4.98 Å². The van der Waals surface area contributed by atoms with E-state index in [-0.39, 0.29) is 43.2 Å². The Hall–Kier alpha value is -3.94. The van der Waals surface area contributed by atoms with Crippen LogP contribution in [0.15, 0.2) is 84.1 Å². The van der Waals surface area contributed by atoms with Crippen LogP contribution in [0.4, 0.5) is 17.1 Å². The second-order valence-electron chi connectivity index (χ2n) is 8.24. The summed E-state index contributed by atoms with van der Waals surface area (Å²) >= 11 is 0. The number of hydrogen-bond donors (Lipinski definition) is 2. The summed E-state index contributed by atoms with van der Waals surface area (Å²) < 4.78 is 0. The maximum absolute atomic E-state index is 12.8. The fourth-order valence-corrected chi connectivity index (χ4v) is 4.13. The number of amides is 2. The predicted octanol–water partition coefficient (Wildman–Crippen LogP) is 5.19. The van der Waals surface area contributed by atoms with Gasteiger partial charge in [-0.2, -0.15) is 0 Å². The normalized spacial score (nSPS) is 12.2. The Morgan fingerprint density at radius 1 is 0.972 bits per heavy atom. The van der Waals surface area contributed by atoms with Gasteiger partial charge in [-0.25, -0.2) is 0 Å². The van der Waals surface area contributed by atoms with Crippen LogP contribution in [0.5, 0.6) is 0 Å². The van der Waals surface area contributed by atoms with Crippen molar-refractivity contribution in [3.63, 3.8) is 0 Å². The molecule has 1 aliphatic rings. The molecule has 1 aliphatic heterocycles. The maximum atomic E-state index is 12.8. The molecule has 0 saturated heterocycles. The van der Waals surface area contributed by atoms with E-state index in [2.05, 4.69) is 20.6 Å². The molecule has 0 aliphatic carbocycles. The van der Waals surface area contributed by atoms with Gasteiger partial charge in [-0.1, -0.05) is 48.5 Å². The lowest BCUT2D eigenvalue weighted by atomic mass is 9.96. The molecule has 0 saturated carbocycles. The van der Waals surface area contributed by atoms with Gasteiger partial charge in [-0.3, -0.25) is 19.6 Å². The van der Waals surface area contributed by atoms with Gasteiger partial charge in [0.2, 0.25) is 5.91 Å². The number of benzene rings is 3. The number of anilines is 3. The standard InChI is InChI=1S/C27H23N5O2.2ClH/c1-32(2)23-13-14-28-15-22(23)27(34)30-19-10-7-18(8-11-19)25-21-12-9-17-5-3-4-6-20(17)26(21)31-24(33)16-29-25;;/h3-15H,16H2,1-2H3,(H,30,34)(H,31,33);2*1H. The number of aromatic nitrogens is 1. The molecule has 0 atom stereocenters. The van der Waals surface area contributed by atoms with E-state index in [1.807, 2.05) is 79.7 Å². The molecule has 2 heterocycles. The molecule has 7 nitrogen and oxygen atoms in total. The number of halogens is 2. The number of nitrogens with zero attached hydrogens (tertiary/aromatic N) is 3. The molecule has 0 unspecified atom stereocenters. The Morgan fingerprint density at radius 3 is 2.47 bits per heavy atom. The summed E-state index contributed by atoms with van der Waals surface area (Å²) in [6.07, 6.45) is 3.22. The first-order valence-corrected chi connectivity index (χ1v) is 10.9. The Morgan fingerprint density at radius 2 is 1.72 bits per heavy atom. The molecule has 0 radical (unpaired) electrons. The number of carbonyl (C=O) groups is 2. The monoisotopic (exact) mass is 521 g/mol. The van der Waals surface area contributed by atoms with Gasteiger partial charge in [0.1, 0.15) is 6.54 Å². The first-order chi connectivity index (χ1) is 16.5. The van der Waals surface area contributed by atoms with Crippen molar-refractivity contribution < 1.29 is 9.59 Å². The molecule has 9 heteroatoms. The second kappa shape index (κ2) is 11.2. The van der Waals surface area contributed by atoms with Gasteiger partial charge in [-0.05, 0) is 23.6 Å². The largest absolute Gasteiger partial charge is 0.377 e. The van der Waals surface area contributed by atoms with Gasteiger partial charge in [0, 0.05) is 48.7 Å². The zero-order valence-electron chi connectivity index (χ0n) is 19.7. The molecule has 36 heavy (non-hydrogen) atoms. The molecule has 1 aromatic heterocycles. The fraction of sp³-hybridized carbons (Fsp3) is 0.111. The van der Waals surface area contributed by atoms with E-state index in [0.29, 0.717) is 11.3 Å². The summed E-state index contributed by atoms with van der Waals surface area (Å²) in [5, 5.41) is 7.97. The maximum Gasteiger partial charge on any atom is 0.259 e. The van der Waals surface area contributed by atoms with Crippen molar-refractivity contribution in [2.24, 2.45) is 4.99 Å². The Bertz CT molecular complexity index is 1450. The summed E-state index contributed by atoms with van der Waals surface area (Å²) in [6, 6.07) is 21.2. The van der Waals surface area contributed by atoms with Crippen LogP contribution in [0.1, 0.15) is 21.5 Å². The third kappa shape index (κ3) is 5.17. The molecule has 0 bridgehead atoms. The zero-order valence-corrected chi connectivity index (χ0v) is 21.3. The Kier molecular flexibility index (Phi) is 8.29. The summed E-state index contributed by atoms with van der Waals surface area (Å²) in [4.78, 5) is 35.8. The SMILES string of the molecule is CN(C)c1ccncc1C(=O)Nc1ccc(C2=NCC(=O)Nc3c2ccc2ccccc32)cc1.Cl.Cl. The number of aliphatic imine (C=N–C) groups is 1. The van der Waals surface area contributed by atoms with Crippen molar-refractivity contribution in [3.8, 4) is 0 Å². The number of hydrogen-bond acceptors (Lipinski definition) is 5. The van der Waals surface area contributed by atoms with Crippen LogP contribution in [0.2, 0.25) is 0 Å². The van der Waals surface area contributed by atoms with Crippen molar-refractivity contribution in [2.45, 2.75) is 0 Å². The van der Waals surface area contributed by atoms with Crippen molar-refractivity contribution in [1.29, 1.82) is 0 Å². The van der Waals surface area contributed by atoms with Crippen molar-refractivity contribution in [3.05, 3.63) is 95.8 Å². The highest BCUT2D eigenvalue weighted by Crippen LogP contribution is 2.31. The molecule has 3 aromatic carbocycles. The molecule has 4 aromatic rings. The quantitative estimate of drug-likeness (QED) is 0.387. The topological polar surface area (TPSA) is 86.7 Å². The fourth-order valence-electron chi connectivity index (χ4n) is 4.13. The minimum Gasteiger partial charge on any atom is -0.377 e. The average molecular weight is 522 g/mol. The first-order valence-electron chi connectivity index (χ1n) is 10.9. The Balaban J connectivity index is 0.00000180. The van der Waals surface area contributed by atoms with Crippen LogP contribution < -0.4 is 15.5 Å². The van der Waals surface area contributed by atoms with Gasteiger partial charge in [-0.15, -0.1) is 24.8 Å². The van der Waals surface area contributed by atoms with E-state index < -0.39 is 0 Å². The van der Waals surface area contributed by atoms with Crippen LogP contribution in [0.3, 0.4) is 0 Å². The average Bonchev–Trinajstić information content (AvgIpc) is 3.03. The summed E-state index contributed by atoms with van der Waals surface area (Å²) in [7, 11) is 3.77. The minimum absolute atomic E-state index is 0. The zero-order chi connectivity index (χ0) is 23.7. The number of fused-ring (bicyclic) bond motifs is 3. The smallest absolute Gasteiger partial charge is 0.259 e. The molecule has 2 amide bonds. The van der Waals surface area contributed by atoms with Crippen molar-refractivity contribution in [2.75, 3.05) is 36.2 Å². The molecule has 0 fully saturated rings. The third-order valence-corrected chi connectivity index (χ3v) is 5.77. The van der Waals surface area contributed by atoms with Gasteiger partial charge >= 0.3 is 0 Å². The summed E-state index contributed by atoms with van der Waals surface area (Å²) in [6.45, 7) is 0.0468. The van der Waals surface area contributed by atoms with Crippen LogP contribution in [0.25, 0.3) is 10.8 Å². The van der Waals surface area contributed by atoms with Gasteiger partial charge < -0.3 is 15.5 Å². The summed E-state index contributed by atoms with van der Waals surface area (Å²) in [5.74, 6) is -0.382. The van der Waals surface area contributed by atoms with E-state index in [4.69, 9.17) is 0 Å². The second-order valence-corrected chi connectivity index (χ2v) is 8.24. The van der Waals surface area contributed by atoms with E-state index in [9.17, 15) is 9.59 Å². The number of rotatable bonds is 4. The van der Waals surface area contributed by atoms with E-state index in [1.165, 1.54) is 0 Å². The number of carbonyl (C=O) groups excluding carboxylic acids is 2. The lowest BCUT2D eigenvalue weighted by Crippen LogP contribution is -2.18. The highest BCUT2D eigenvalue weighted by Gasteiger charge is 2.20. The number of pyridine rings is 1. The third-order valence-electron chi connectivity index (χ3n) is 5.77. The van der Waals surface area contributed by atoms with Crippen LogP contribution >= 0.6 is 24.8 Å². The lowest BCUT2D eigenvalue weighted by molar-refractivity contribution is -0.114. The highest BCUT2D eigenvalue weighted by molar-refractivity contribution is 6.23. The van der Waals surface area contributed by atoms with Crippen LogP contribution in [-0.2, 0) is 4.79 Å².